The summed E-state index contributed by atoms with van der Waals surface area (Å²) in [6.45, 7) is 0. The molecule has 1 fully saturated rings. The van der Waals surface area contributed by atoms with Crippen LogP contribution in [-0.2, 0) is 0 Å². The number of nitriles is 1. The lowest BCUT2D eigenvalue weighted by molar-refractivity contribution is 0.458. The van der Waals surface area contributed by atoms with Gasteiger partial charge in [0, 0.05) is 6.42 Å². The largest absolute Gasteiger partial charge is 0.198 e. The molecular formula is C9H11N. The third-order valence-electron chi connectivity index (χ3n) is 2.77. The Bertz CT molecular complexity index is 199. The molecule has 0 radical (unpaired) electrons. The molecule has 0 saturated heterocycles. The number of fused-ring (bicyclic) bond motifs is 2. The molecule has 2 bridgehead atoms. The molecule has 0 aromatic carbocycles. The van der Waals surface area contributed by atoms with E-state index in [0.29, 0.717) is 5.92 Å². The van der Waals surface area contributed by atoms with E-state index in [-0.39, 0.29) is 0 Å². The second kappa shape index (κ2) is 2.12. The zero-order valence-electron chi connectivity index (χ0n) is 5.96. The molecule has 10 heavy (non-hydrogen) atoms. The first-order chi connectivity index (χ1) is 4.90. The van der Waals surface area contributed by atoms with Crippen molar-refractivity contribution in [3.05, 3.63) is 12.2 Å². The highest BCUT2D eigenvalue weighted by Gasteiger charge is 2.34. The third-order valence-corrected chi connectivity index (χ3v) is 2.77. The van der Waals surface area contributed by atoms with Crippen LogP contribution in [0.3, 0.4) is 0 Å². The summed E-state index contributed by atoms with van der Waals surface area (Å²) in [6.07, 6.45) is 7.99. The smallest absolute Gasteiger partial charge is 0.0624 e. The lowest BCUT2D eigenvalue weighted by Gasteiger charge is -2.12. The number of allylic oxidation sites excluding steroid dienone is 2. The summed E-state index contributed by atoms with van der Waals surface area (Å²) < 4.78 is 0. The van der Waals surface area contributed by atoms with Crippen molar-refractivity contribution in [2.75, 3.05) is 0 Å². The Hall–Kier alpha value is -0.770. The summed E-state index contributed by atoms with van der Waals surface area (Å²) in [7, 11) is 0. The van der Waals surface area contributed by atoms with Crippen LogP contribution in [-0.4, -0.2) is 0 Å². The van der Waals surface area contributed by atoms with Gasteiger partial charge in [-0.1, -0.05) is 12.2 Å². The van der Waals surface area contributed by atoms with E-state index in [2.05, 4.69) is 18.2 Å². The Balaban J connectivity index is 2.04. The second-order valence-electron chi connectivity index (χ2n) is 3.40. The number of rotatable bonds is 1. The van der Waals surface area contributed by atoms with Crippen LogP contribution in [0.25, 0.3) is 0 Å². The van der Waals surface area contributed by atoms with Crippen molar-refractivity contribution in [3.63, 3.8) is 0 Å². The van der Waals surface area contributed by atoms with Crippen molar-refractivity contribution in [1.82, 2.24) is 0 Å². The lowest BCUT2D eigenvalue weighted by atomic mass is 9.91. The number of hydrogen-bond acceptors (Lipinski definition) is 1. The van der Waals surface area contributed by atoms with Crippen LogP contribution in [0.1, 0.15) is 19.3 Å². The fraction of sp³-hybridized carbons (Fsp3) is 0.667. The lowest BCUT2D eigenvalue weighted by Crippen LogP contribution is -2.04. The van der Waals surface area contributed by atoms with Crippen molar-refractivity contribution in [2.45, 2.75) is 19.3 Å². The van der Waals surface area contributed by atoms with Gasteiger partial charge in [0.05, 0.1) is 6.07 Å². The zero-order valence-corrected chi connectivity index (χ0v) is 5.96. The molecule has 0 unspecified atom stereocenters. The van der Waals surface area contributed by atoms with Gasteiger partial charge in [0.2, 0.25) is 0 Å². The van der Waals surface area contributed by atoms with E-state index in [0.717, 1.165) is 18.3 Å². The molecule has 0 spiro atoms. The van der Waals surface area contributed by atoms with Gasteiger partial charge in [0.15, 0.2) is 0 Å². The molecule has 0 aliphatic heterocycles. The molecule has 0 aromatic rings. The van der Waals surface area contributed by atoms with Crippen molar-refractivity contribution in [3.8, 4) is 6.07 Å². The highest BCUT2D eigenvalue weighted by atomic mass is 14.4. The van der Waals surface area contributed by atoms with Crippen LogP contribution in [0.5, 0.6) is 0 Å². The average Bonchev–Trinajstić information content (AvgIpc) is 2.48. The molecule has 2 aliphatic rings. The Morgan fingerprint density at radius 3 is 2.80 bits per heavy atom. The van der Waals surface area contributed by atoms with Crippen LogP contribution in [0, 0.1) is 29.1 Å². The summed E-state index contributed by atoms with van der Waals surface area (Å²) in [6, 6.07) is 2.26. The van der Waals surface area contributed by atoms with Crippen LogP contribution in [0.4, 0.5) is 0 Å². The Morgan fingerprint density at radius 2 is 2.30 bits per heavy atom. The van der Waals surface area contributed by atoms with Gasteiger partial charge in [-0.3, -0.25) is 0 Å². The van der Waals surface area contributed by atoms with Crippen molar-refractivity contribution >= 4 is 0 Å². The van der Waals surface area contributed by atoms with Gasteiger partial charge in [0.1, 0.15) is 0 Å². The molecule has 2 aliphatic carbocycles. The van der Waals surface area contributed by atoms with Crippen molar-refractivity contribution < 1.29 is 0 Å². The van der Waals surface area contributed by atoms with Crippen LogP contribution >= 0.6 is 0 Å². The summed E-state index contributed by atoms with van der Waals surface area (Å²) in [4.78, 5) is 0. The molecule has 3 atom stereocenters. The van der Waals surface area contributed by atoms with E-state index in [4.69, 9.17) is 5.26 Å². The van der Waals surface area contributed by atoms with Crippen LogP contribution < -0.4 is 0 Å². The Morgan fingerprint density at radius 1 is 1.40 bits per heavy atom. The molecule has 0 N–H and O–H groups in total. The van der Waals surface area contributed by atoms with E-state index in [1.807, 2.05) is 0 Å². The third kappa shape index (κ3) is 0.759. The fourth-order valence-electron chi connectivity index (χ4n) is 2.25. The minimum Gasteiger partial charge on any atom is -0.198 e. The summed E-state index contributed by atoms with van der Waals surface area (Å²) >= 11 is 0. The van der Waals surface area contributed by atoms with Gasteiger partial charge in [-0.15, -0.1) is 0 Å². The summed E-state index contributed by atoms with van der Waals surface area (Å²) in [5.74, 6) is 2.27. The minimum atomic E-state index is 0.694. The van der Waals surface area contributed by atoms with Gasteiger partial charge < -0.3 is 0 Å². The SMILES string of the molecule is N#CC[C@@H]1C[C@H]2C=C[C@@H]1C2. The molecule has 1 nitrogen and oxygen atoms in total. The van der Waals surface area contributed by atoms with Gasteiger partial charge in [0.25, 0.3) is 0 Å². The van der Waals surface area contributed by atoms with Gasteiger partial charge in [-0.25, -0.2) is 0 Å². The van der Waals surface area contributed by atoms with Gasteiger partial charge in [-0.05, 0) is 30.6 Å². The predicted molar refractivity (Wildman–Crippen MR) is 39.1 cm³/mol. The first-order valence-corrected chi connectivity index (χ1v) is 3.95. The molecule has 0 amide bonds. The molecular weight excluding hydrogens is 122 g/mol. The van der Waals surface area contributed by atoms with Gasteiger partial charge >= 0.3 is 0 Å². The number of nitrogens with zero attached hydrogens (tertiary/aromatic N) is 1. The van der Waals surface area contributed by atoms with Crippen LogP contribution in [0.15, 0.2) is 12.2 Å². The van der Waals surface area contributed by atoms with E-state index in [1.54, 1.807) is 0 Å². The van der Waals surface area contributed by atoms with E-state index < -0.39 is 0 Å². The summed E-state index contributed by atoms with van der Waals surface area (Å²) in [5.41, 5.74) is 0. The molecule has 2 rings (SSSR count). The fourth-order valence-corrected chi connectivity index (χ4v) is 2.25. The standard InChI is InChI=1S/C9H11N/c10-4-3-9-6-7-1-2-8(9)5-7/h1-2,7-9H,3,5-6H2/t7-,8+,9+/m0/s1. The maximum Gasteiger partial charge on any atom is 0.0624 e. The predicted octanol–water partition coefficient (Wildman–Crippen LogP) is 2.11. The molecule has 1 heteroatoms. The van der Waals surface area contributed by atoms with E-state index >= 15 is 0 Å². The maximum absolute atomic E-state index is 8.48. The quantitative estimate of drug-likeness (QED) is 0.502. The average molecular weight is 133 g/mol. The highest BCUT2D eigenvalue weighted by molar-refractivity contribution is 5.11. The molecule has 52 valence electrons. The summed E-state index contributed by atoms with van der Waals surface area (Å²) in [5, 5.41) is 8.48. The normalized spacial score (nSPS) is 42.1. The highest BCUT2D eigenvalue weighted by Crippen LogP contribution is 2.44. The second-order valence-corrected chi connectivity index (χ2v) is 3.40. The van der Waals surface area contributed by atoms with E-state index in [1.165, 1.54) is 12.8 Å². The van der Waals surface area contributed by atoms with Crippen molar-refractivity contribution in [2.24, 2.45) is 17.8 Å². The maximum atomic E-state index is 8.48. The van der Waals surface area contributed by atoms with Crippen LogP contribution in [0.2, 0.25) is 0 Å². The van der Waals surface area contributed by atoms with Gasteiger partial charge in [-0.2, -0.15) is 5.26 Å². The molecule has 0 aromatic heterocycles. The van der Waals surface area contributed by atoms with E-state index in [9.17, 15) is 0 Å². The Labute approximate surface area is 61.4 Å². The first kappa shape index (κ1) is 5.97. The minimum absolute atomic E-state index is 0.694. The number of hydrogen-bond donors (Lipinski definition) is 0. The van der Waals surface area contributed by atoms with Crippen molar-refractivity contribution in [1.29, 1.82) is 5.26 Å². The zero-order chi connectivity index (χ0) is 6.97. The monoisotopic (exact) mass is 133 g/mol. The molecule has 0 heterocycles. The molecule has 1 saturated carbocycles. The Kier molecular flexibility index (Phi) is 1.27. The first-order valence-electron chi connectivity index (χ1n) is 3.95. The topological polar surface area (TPSA) is 23.8 Å².